The molecule has 0 aliphatic carbocycles. The van der Waals surface area contributed by atoms with Crippen molar-refractivity contribution in [1.29, 1.82) is 0 Å². The maximum atomic E-state index is 10.2. The van der Waals surface area contributed by atoms with Crippen LogP contribution in [-0.2, 0) is 4.79 Å². The van der Waals surface area contributed by atoms with Gasteiger partial charge in [-0.1, -0.05) is 33.1 Å². The molecule has 0 aromatic carbocycles. The maximum Gasteiger partial charge on any atom is 0.123 e. The van der Waals surface area contributed by atoms with E-state index in [1.54, 1.807) is 0 Å². The molecule has 0 aromatic rings. The van der Waals surface area contributed by atoms with Crippen molar-refractivity contribution in [1.82, 2.24) is 0 Å². The summed E-state index contributed by atoms with van der Waals surface area (Å²) < 4.78 is 0. The average molecular weight is 154 g/mol. The van der Waals surface area contributed by atoms with Gasteiger partial charge in [-0.2, -0.15) is 0 Å². The lowest BCUT2D eigenvalue weighted by Crippen LogP contribution is -1.96. The van der Waals surface area contributed by atoms with Crippen LogP contribution in [0.15, 0.2) is 5.57 Å². The molecule has 0 amide bonds. The van der Waals surface area contributed by atoms with Crippen molar-refractivity contribution in [2.45, 2.75) is 46.5 Å². The van der Waals surface area contributed by atoms with Gasteiger partial charge in [0, 0.05) is 5.57 Å². The van der Waals surface area contributed by atoms with Crippen molar-refractivity contribution in [3.05, 3.63) is 5.57 Å². The topological polar surface area (TPSA) is 17.1 Å². The molecule has 0 N–H and O–H groups in total. The molecule has 1 nitrogen and oxygen atoms in total. The summed E-state index contributed by atoms with van der Waals surface area (Å²) in [7, 11) is 0. The van der Waals surface area contributed by atoms with Gasteiger partial charge >= 0.3 is 0 Å². The second-order valence-corrected chi connectivity index (χ2v) is 3.18. The lowest BCUT2D eigenvalue weighted by atomic mass is 9.97. The molecule has 0 aliphatic heterocycles. The van der Waals surface area contributed by atoms with Crippen molar-refractivity contribution in [3.8, 4) is 0 Å². The van der Waals surface area contributed by atoms with Gasteiger partial charge in [-0.3, -0.25) is 0 Å². The van der Waals surface area contributed by atoms with Gasteiger partial charge < -0.3 is 0 Å². The third kappa shape index (κ3) is 4.80. The summed E-state index contributed by atoms with van der Waals surface area (Å²) in [4.78, 5) is 10.2. The molecule has 1 unspecified atom stereocenters. The fourth-order valence-electron chi connectivity index (χ4n) is 1.02. The number of carbonyl (C=O) groups excluding carboxylic acids is 1. The molecule has 0 saturated carbocycles. The van der Waals surface area contributed by atoms with E-state index in [9.17, 15) is 4.79 Å². The highest BCUT2D eigenvalue weighted by Gasteiger charge is 2.03. The second-order valence-electron chi connectivity index (χ2n) is 3.18. The molecular formula is C10H18O. The SMILES string of the molecule is CCCCCC(C)C(C)=C=O. The summed E-state index contributed by atoms with van der Waals surface area (Å²) in [5.41, 5.74) is 0.862. The van der Waals surface area contributed by atoms with Gasteiger partial charge in [0.25, 0.3) is 0 Å². The molecule has 0 fully saturated rings. The lowest BCUT2D eigenvalue weighted by molar-refractivity contribution is 0.538. The van der Waals surface area contributed by atoms with Crippen molar-refractivity contribution < 1.29 is 4.79 Å². The molecule has 0 bridgehead atoms. The molecule has 0 saturated heterocycles. The Morgan fingerprint density at radius 1 is 1.45 bits per heavy atom. The van der Waals surface area contributed by atoms with Crippen molar-refractivity contribution in [2.75, 3.05) is 0 Å². The third-order valence-electron chi connectivity index (χ3n) is 2.14. The van der Waals surface area contributed by atoms with E-state index < -0.39 is 0 Å². The molecule has 11 heavy (non-hydrogen) atoms. The van der Waals surface area contributed by atoms with E-state index in [2.05, 4.69) is 13.8 Å². The zero-order valence-electron chi connectivity index (χ0n) is 7.81. The van der Waals surface area contributed by atoms with E-state index in [0.29, 0.717) is 5.92 Å². The van der Waals surface area contributed by atoms with E-state index in [4.69, 9.17) is 0 Å². The van der Waals surface area contributed by atoms with Crippen LogP contribution < -0.4 is 0 Å². The van der Waals surface area contributed by atoms with Gasteiger partial charge in [0.15, 0.2) is 0 Å². The lowest BCUT2D eigenvalue weighted by Gasteiger charge is -2.07. The third-order valence-corrected chi connectivity index (χ3v) is 2.14. The van der Waals surface area contributed by atoms with E-state index in [-0.39, 0.29) is 0 Å². The summed E-state index contributed by atoms with van der Waals surface area (Å²) in [6.07, 6.45) is 4.89. The zero-order chi connectivity index (χ0) is 8.69. The minimum Gasteiger partial charge on any atom is -0.234 e. The predicted octanol–water partition coefficient (Wildman–Crippen LogP) is 2.98. The first-order chi connectivity index (χ1) is 5.22. The predicted molar refractivity (Wildman–Crippen MR) is 48.2 cm³/mol. The van der Waals surface area contributed by atoms with Crippen LogP contribution in [-0.4, -0.2) is 5.94 Å². The van der Waals surface area contributed by atoms with Gasteiger partial charge in [-0.25, -0.2) is 4.79 Å². The zero-order valence-corrected chi connectivity index (χ0v) is 7.81. The van der Waals surface area contributed by atoms with E-state index in [1.165, 1.54) is 19.3 Å². The molecule has 0 rings (SSSR count). The highest BCUT2D eigenvalue weighted by Crippen LogP contribution is 2.14. The standard InChI is InChI=1S/C10H18O/c1-4-5-6-7-9(2)10(3)8-11/h9H,4-7H2,1-3H3. The summed E-state index contributed by atoms with van der Waals surface area (Å²) in [5, 5.41) is 0. The maximum absolute atomic E-state index is 10.2. The van der Waals surface area contributed by atoms with Crippen molar-refractivity contribution in [3.63, 3.8) is 0 Å². The molecule has 1 atom stereocenters. The summed E-state index contributed by atoms with van der Waals surface area (Å²) in [6.45, 7) is 6.15. The van der Waals surface area contributed by atoms with Crippen LogP contribution in [0.2, 0.25) is 0 Å². The van der Waals surface area contributed by atoms with Gasteiger partial charge in [0.05, 0.1) is 0 Å². The highest BCUT2D eigenvalue weighted by atomic mass is 16.1. The largest absolute Gasteiger partial charge is 0.234 e. The molecule has 0 spiro atoms. The van der Waals surface area contributed by atoms with E-state index >= 15 is 0 Å². The van der Waals surface area contributed by atoms with E-state index in [1.807, 2.05) is 12.9 Å². The first-order valence-electron chi connectivity index (χ1n) is 4.44. The van der Waals surface area contributed by atoms with Crippen LogP contribution in [0.25, 0.3) is 0 Å². The van der Waals surface area contributed by atoms with Crippen molar-refractivity contribution >= 4 is 5.94 Å². The van der Waals surface area contributed by atoms with E-state index in [0.717, 1.165) is 12.0 Å². The normalized spacial score (nSPS) is 12.3. The monoisotopic (exact) mass is 154 g/mol. The van der Waals surface area contributed by atoms with Gasteiger partial charge in [-0.05, 0) is 19.3 Å². The molecule has 0 aliphatic rings. The summed E-state index contributed by atoms with van der Waals surface area (Å²) in [5.74, 6) is 2.39. The molecule has 0 heterocycles. The minimum atomic E-state index is 0.430. The Hall–Kier alpha value is -0.550. The average Bonchev–Trinajstić information content (AvgIpc) is 2.03. The summed E-state index contributed by atoms with van der Waals surface area (Å²) in [6, 6.07) is 0. The van der Waals surface area contributed by atoms with Crippen LogP contribution in [0.5, 0.6) is 0 Å². The summed E-state index contributed by atoms with van der Waals surface area (Å²) >= 11 is 0. The Morgan fingerprint density at radius 2 is 2.09 bits per heavy atom. The Kier molecular flexibility index (Phi) is 5.87. The quantitative estimate of drug-likeness (QED) is 0.439. The number of allylic oxidation sites excluding steroid dienone is 1. The second kappa shape index (κ2) is 6.18. The number of hydrogen-bond donors (Lipinski definition) is 0. The Labute approximate surface area is 69.5 Å². The Bertz CT molecular complexity index is 143. The first kappa shape index (κ1) is 10.4. The number of rotatable bonds is 5. The smallest absolute Gasteiger partial charge is 0.123 e. The molecular weight excluding hydrogens is 136 g/mol. The van der Waals surface area contributed by atoms with Gasteiger partial charge in [-0.15, -0.1) is 0 Å². The molecule has 0 aromatic heterocycles. The highest BCUT2D eigenvalue weighted by molar-refractivity contribution is 5.51. The van der Waals surface area contributed by atoms with Crippen LogP contribution in [0.4, 0.5) is 0 Å². The van der Waals surface area contributed by atoms with Gasteiger partial charge in [0.1, 0.15) is 5.94 Å². The van der Waals surface area contributed by atoms with Gasteiger partial charge in [0.2, 0.25) is 0 Å². The number of hydrogen-bond acceptors (Lipinski definition) is 1. The first-order valence-corrected chi connectivity index (χ1v) is 4.44. The Balaban J connectivity index is 3.52. The van der Waals surface area contributed by atoms with Crippen LogP contribution in [0.1, 0.15) is 46.5 Å². The number of unbranched alkanes of at least 4 members (excludes halogenated alkanes) is 2. The fraction of sp³-hybridized carbons (Fsp3) is 0.800. The van der Waals surface area contributed by atoms with Crippen LogP contribution >= 0.6 is 0 Å². The van der Waals surface area contributed by atoms with Crippen molar-refractivity contribution in [2.24, 2.45) is 5.92 Å². The fourth-order valence-corrected chi connectivity index (χ4v) is 1.02. The molecule has 64 valence electrons. The molecule has 0 radical (unpaired) electrons. The Morgan fingerprint density at radius 3 is 2.55 bits per heavy atom. The minimum absolute atomic E-state index is 0.430. The van der Waals surface area contributed by atoms with Crippen LogP contribution in [0, 0.1) is 5.92 Å². The van der Waals surface area contributed by atoms with Crippen LogP contribution in [0.3, 0.4) is 0 Å². The molecule has 1 heteroatoms.